The minimum Gasteiger partial charge on any atom is -0.312 e. The lowest BCUT2D eigenvalue weighted by Gasteiger charge is -2.21. The average Bonchev–Trinajstić information content (AvgIpc) is 2.48. The molecule has 1 aliphatic carbocycles. The van der Waals surface area contributed by atoms with Crippen LogP contribution in [0.15, 0.2) is 36.5 Å². The number of hydrogen-bond acceptors (Lipinski definition) is 2. The molecule has 2 aromatic rings. The van der Waals surface area contributed by atoms with Crippen molar-refractivity contribution in [2.75, 3.05) is 6.54 Å². The highest BCUT2D eigenvalue weighted by Gasteiger charge is 2.12. The predicted molar refractivity (Wildman–Crippen MR) is 80.0 cm³/mol. The van der Waals surface area contributed by atoms with Gasteiger partial charge in [-0.15, -0.1) is 0 Å². The molecule has 100 valence electrons. The van der Waals surface area contributed by atoms with Crippen LogP contribution in [0, 0.1) is 5.92 Å². The maximum absolute atomic E-state index is 4.36. The zero-order valence-corrected chi connectivity index (χ0v) is 11.4. The quantitative estimate of drug-likeness (QED) is 0.895. The Balaban J connectivity index is 1.56. The highest BCUT2D eigenvalue weighted by atomic mass is 14.9. The monoisotopic (exact) mass is 254 g/mol. The fraction of sp³-hybridized carbons (Fsp3) is 0.471. The molecule has 0 atom stereocenters. The summed E-state index contributed by atoms with van der Waals surface area (Å²) < 4.78 is 0. The van der Waals surface area contributed by atoms with E-state index in [9.17, 15) is 0 Å². The van der Waals surface area contributed by atoms with Gasteiger partial charge in [0.1, 0.15) is 0 Å². The Morgan fingerprint density at radius 1 is 1.11 bits per heavy atom. The first-order valence-electron chi connectivity index (χ1n) is 7.46. The van der Waals surface area contributed by atoms with Crippen LogP contribution < -0.4 is 5.32 Å². The van der Waals surface area contributed by atoms with Crippen molar-refractivity contribution >= 4 is 10.9 Å². The third-order valence-corrected chi connectivity index (χ3v) is 4.15. The van der Waals surface area contributed by atoms with Crippen molar-refractivity contribution in [2.45, 2.75) is 38.6 Å². The van der Waals surface area contributed by atoms with Crippen LogP contribution in [0.5, 0.6) is 0 Å². The lowest BCUT2D eigenvalue weighted by molar-refractivity contribution is 0.342. The lowest BCUT2D eigenvalue weighted by Crippen LogP contribution is -2.24. The highest BCUT2D eigenvalue weighted by molar-refractivity contribution is 5.78. The molecular weight excluding hydrogens is 232 g/mol. The molecule has 1 aromatic heterocycles. The van der Waals surface area contributed by atoms with Gasteiger partial charge in [0.25, 0.3) is 0 Å². The minimum absolute atomic E-state index is 0.899. The zero-order valence-electron chi connectivity index (χ0n) is 11.4. The number of aromatic nitrogens is 1. The molecule has 0 unspecified atom stereocenters. The van der Waals surface area contributed by atoms with Crippen LogP contribution in [0.4, 0.5) is 0 Å². The molecule has 1 fully saturated rings. The van der Waals surface area contributed by atoms with E-state index in [1.165, 1.54) is 49.6 Å². The minimum atomic E-state index is 0.899. The molecule has 1 saturated carbocycles. The van der Waals surface area contributed by atoms with Crippen LogP contribution in [0.2, 0.25) is 0 Å². The number of rotatable bonds is 4. The van der Waals surface area contributed by atoms with Crippen LogP contribution >= 0.6 is 0 Å². The van der Waals surface area contributed by atoms with Crippen molar-refractivity contribution in [3.63, 3.8) is 0 Å². The largest absolute Gasteiger partial charge is 0.312 e. The summed E-state index contributed by atoms with van der Waals surface area (Å²) in [6, 6.07) is 10.7. The average molecular weight is 254 g/mol. The molecule has 1 N–H and O–H groups in total. The van der Waals surface area contributed by atoms with Crippen molar-refractivity contribution < 1.29 is 0 Å². The topological polar surface area (TPSA) is 24.9 Å². The Hall–Kier alpha value is -1.41. The molecular formula is C17H22N2. The molecule has 0 bridgehead atoms. The van der Waals surface area contributed by atoms with Gasteiger partial charge >= 0.3 is 0 Å². The number of hydrogen-bond donors (Lipinski definition) is 1. The van der Waals surface area contributed by atoms with E-state index in [0.29, 0.717) is 0 Å². The summed E-state index contributed by atoms with van der Waals surface area (Å²) in [6.07, 6.45) is 8.96. The van der Waals surface area contributed by atoms with Crippen LogP contribution in [-0.4, -0.2) is 11.5 Å². The standard InChI is InChI=1S/C17H22N2/c1-2-5-14(6-3-1)12-18-13-15-8-9-17-16(11-15)7-4-10-19-17/h4,7-11,14,18H,1-3,5-6,12-13H2. The van der Waals surface area contributed by atoms with Crippen molar-refractivity contribution in [3.05, 3.63) is 42.1 Å². The Kier molecular flexibility index (Phi) is 4.09. The number of pyridine rings is 1. The van der Waals surface area contributed by atoms with Gasteiger partial charge < -0.3 is 5.32 Å². The number of nitrogens with one attached hydrogen (secondary N) is 1. The summed E-state index contributed by atoms with van der Waals surface area (Å²) in [5.41, 5.74) is 2.44. The van der Waals surface area contributed by atoms with E-state index in [0.717, 1.165) is 18.0 Å². The molecule has 2 nitrogen and oxygen atoms in total. The van der Waals surface area contributed by atoms with Crippen LogP contribution in [-0.2, 0) is 6.54 Å². The zero-order chi connectivity index (χ0) is 12.9. The van der Waals surface area contributed by atoms with Crippen molar-refractivity contribution in [1.29, 1.82) is 0 Å². The Labute approximate surface area is 115 Å². The van der Waals surface area contributed by atoms with E-state index in [-0.39, 0.29) is 0 Å². The molecule has 1 aromatic carbocycles. The third kappa shape index (κ3) is 3.32. The van der Waals surface area contributed by atoms with Gasteiger partial charge in [-0.05, 0) is 49.1 Å². The van der Waals surface area contributed by atoms with E-state index >= 15 is 0 Å². The van der Waals surface area contributed by atoms with Crippen molar-refractivity contribution in [1.82, 2.24) is 10.3 Å². The summed E-state index contributed by atoms with van der Waals surface area (Å²) in [6.45, 7) is 2.15. The second-order valence-corrected chi connectivity index (χ2v) is 5.67. The molecule has 0 aliphatic heterocycles. The maximum atomic E-state index is 4.36. The molecule has 3 rings (SSSR count). The summed E-state index contributed by atoms with van der Waals surface area (Å²) >= 11 is 0. The predicted octanol–water partition coefficient (Wildman–Crippen LogP) is 3.90. The van der Waals surface area contributed by atoms with Gasteiger partial charge in [-0.1, -0.05) is 31.4 Å². The SMILES string of the molecule is c1cnc2ccc(CNCC3CCCCC3)cc2c1. The Morgan fingerprint density at radius 2 is 2.00 bits per heavy atom. The molecule has 19 heavy (non-hydrogen) atoms. The smallest absolute Gasteiger partial charge is 0.0702 e. The molecule has 2 heteroatoms. The van der Waals surface area contributed by atoms with E-state index in [4.69, 9.17) is 0 Å². The summed E-state index contributed by atoms with van der Waals surface area (Å²) in [7, 11) is 0. The molecule has 0 amide bonds. The number of nitrogens with zero attached hydrogens (tertiary/aromatic N) is 1. The van der Waals surface area contributed by atoms with Gasteiger partial charge in [0.15, 0.2) is 0 Å². The van der Waals surface area contributed by atoms with Crippen molar-refractivity contribution in [2.24, 2.45) is 5.92 Å². The first kappa shape index (κ1) is 12.6. The van der Waals surface area contributed by atoms with Gasteiger partial charge in [-0.2, -0.15) is 0 Å². The van der Waals surface area contributed by atoms with Crippen LogP contribution in [0.3, 0.4) is 0 Å². The molecule has 0 radical (unpaired) electrons. The fourth-order valence-electron chi connectivity index (χ4n) is 3.05. The highest BCUT2D eigenvalue weighted by Crippen LogP contribution is 2.22. The van der Waals surface area contributed by atoms with E-state index < -0.39 is 0 Å². The number of benzene rings is 1. The van der Waals surface area contributed by atoms with E-state index in [1.807, 2.05) is 12.3 Å². The molecule has 1 aliphatic rings. The maximum Gasteiger partial charge on any atom is 0.0702 e. The third-order valence-electron chi connectivity index (χ3n) is 4.15. The second-order valence-electron chi connectivity index (χ2n) is 5.67. The first-order valence-corrected chi connectivity index (χ1v) is 7.46. The fourth-order valence-corrected chi connectivity index (χ4v) is 3.05. The van der Waals surface area contributed by atoms with Crippen molar-refractivity contribution in [3.8, 4) is 0 Å². The van der Waals surface area contributed by atoms with Gasteiger partial charge in [-0.3, -0.25) is 4.98 Å². The molecule has 0 saturated heterocycles. The molecule has 0 spiro atoms. The summed E-state index contributed by atoms with van der Waals surface area (Å²) in [5, 5.41) is 4.85. The summed E-state index contributed by atoms with van der Waals surface area (Å²) in [5.74, 6) is 0.899. The van der Waals surface area contributed by atoms with Gasteiger partial charge in [0.05, 0.1) is 5.52 Å². The van der Waals surface area contributed by atoms with Crippen LogP contribution in [0.1, 0.15) is 37.7 Å². The van der Waals surface area contributed by atoms with Crippen LogP contribution in [0.25, 0.3) is 10.9 Å². The van der Waals surface area contributed by atoms with E-state index in [1.54, 1.807) is 0 Å². The van der Waals surface area contributed by atoms with Gasteiger partial charge in [0.2, 0.25) is 0 Å². The molecule has 1 heterocycles. The normalized spacial score (nSPS) is 16.8. The second kappa shape index (κ2) is 6.16. The Morgan fingerprint density at radius 3 is 2.89 bits per heavy atom. The van der Waals surface area contributed by atoms with Gasteiger partial charge in [0, 0.05) is 18.1 Å². The number of fused-ring (bicyclic) bond motifs is 1. The first-order chi connectivity index (χ1) is 9.42. The van der Waals surface area contributed by atoms with E-state index in [2.05, 4.69) is 34.6 Å². The Bertz CT molecular complexity index is 530. The van der Waals surface area contributed by atoms with Gasteiger partial charge in [-0.25, -0.2) is 0 Å². The summed E-state index contributed by atoms with van der Waals surface area (Å²) in [4.78, 5) is 4.36. The lowest BCUT2D eigenvalue weighted by atomic mass is 9.89.